The Kier molecular flexibility index (Phi) is 4.65. The highest BCUT2D eigenvalue weighted by Crippen LogP contribution is 2.49. The standard InChI is InChI=1S/C18H27N3O3/c1-10-17(11(2)21(4)20-10)19-18(23)12(3)24-16(22)9-15-8-13-5-6-14(15)7-13/h12-15H,5-9H2,1-4H3,(H,19,23). The van der Waals surface area contributed by atoms with E-state index in [-0.39, 0.29) is 11.9 Å². The molecule has 1 N–H and O–H groups in total. The van der Waals surface area contributed by atoms with Crippen molar-refractivity contribution in [2.24, 2.45) is 24.8 Å². The van der Waals surface area contributed by atoms with E-state index in [1.54, 1.807) is 11.6 Å². The minimum atomic E-state index is -0.796. The second kappa shape index (κ2) is 6.57. The lowest BCUT2D eigenvalue weighted by molar-refractivity contribution is -0.154. The van der Waals surface area contributed by atoms with Crippen molar-refractivity contribution in [2.45, 2.75) is 59.0 Å². The zero-order valence-corrected chi connectivity index (χ0v) is 15.0. The third-order valence-electron chi connectivity index (χ3n) is 5.75. The average molecular weight is 333 g/mol. The topological polar surface area (TPSA) is 73.2 Å². The Bertz CT molecular complexity index is 652. The van der Waals surface area contributed by atoms with Crippen molar-refractivity contribution < 1.29 is 14.3 Å². The number of aryl methyl sites for hydroxylation is 2. The molecule has 0 aliphatic heterocycles. The molecule has 2 fully saturated rings. The molecule has 2 bridgehead atoms. The smallest absolute Gasteiger partial charge is 0.306 e. The van der Waals surface area contributed by atoms with E-state index in [0.717, 1.165) is 23.7 Å². The molecule has 0 spiro atoms. The summed E-state index contributed by atoms with van der Waals surface area (Å²) in [5, 5.41) is 7.09. The fraction of sp³-hybridized carbons (Fsp3) is 0.722. The summed E-state index contributed by atoms with van der Waals surface area (Å²) < 4.78 is 7.08. The van der Waals surface area contributed by atoms with Gasteiger partial charge in [0.25, 0.3) is 5.91 Å². The first-order valence-electron chi connectivity index (χ1n) is 8.85. The third kappa shape index (κ3) is 3.32. The number of hydrogen-bond acceptors (Lipinski definition) is 4. The van der Waals surface area contributed by atoms with Crippen molar-refractivity contribution in [3.05, 3.63) is 11.4 Å². The highest BCUT2D eigenvalue weighted by molar-refractivity contribution is 5.96. The number of carbonyl (C=O) groups excluding carboxylic acids is 2. The van der Waals surface area contributed by atoms with Crippen LogP contribution in [0.5, 0.6) is 0 Å². The monoisotopic (exact) mass is 333 g/mol. The van der Waals surface area contributed by atoms with Gasteiger partial charge < -0.3 is 10.1 Å². The van der Waals surface area contributed by atoms with Gasteiger partial charge in [0.15, 0.2) is 6.10 Å². The highest BCUT2D eigenvalue weighted by Gasteiger charge is 2.40. The van der Waals surface area contributed by atoms with Crippen LogP contribution in [0.4, 0.5) is 5.69 Å². The minimum Gasteiger partial charge on any atom is -0.453 e. The number of carbonyl (C=O) groups is 2. The first-order chi connectivity index (χ1) is 11.3. The number of hydrogen-bond donors (Lipinski definition) is 1. The summed E-state index contributed by atoms with van der Waals surface area (Å²) >= 11 is 0. The number of amides is 1. The van der Waals surface area contributed by atoms with E-state index in [1.807, 2.05) is 20.9 Å². The SMILES string of the molecule is Cc1nn(C)c(C)c1NC(=O)C(C)OC(=O)CC1CC2CCC1C2. The number of nitrogens with one attached hydrogen (secondary N) is 1. The van der Waals surface area contributed by atoms with Crippen LogP contribution in [0.15, 0.2) is 0 Å². The highest BCUT2D eigenvalue weighted by atomic mass is 16.5. The lowest BCUT2D eigenvalue weighted by Gasteiger charge is -2.21. The molecule has 132 valence electrons. The lowest BCUT2D eigenvalue weighted by Crippen LogP contribution is -2.31. The summed E-state index contributed by atoms with van der Waals surface area (Å²) in [4.78, 5) is 24.5. The molecule has 4 atom stereocenters. The maximum Gasteiger partial charge on any atom is 0.306 e. The molecule has 1 aromatic heterocycles. The number of fused-ring (bicyclic) bond motifs is 2. The normalized spacial score (nSPS) is 26.4. The summed E-state index contributed by atoms with van der Waals surface area (Å²) in [6.07, 6.45) is 4.64. The van der Waals surface area contributed by atoms with E-state index in [1.165, 1.54) is 19.3 Å². The van der Waals surface area contributed by atoms with Crippen LogP contribution in [0, 0.1) is 31.6 Å². The Hall–Kier alpha value is -1.85. The van der Waals surface area contributed by atoms with Gasteiger partial charge in [-0.25, -0.2) is 0 Å². The van der Waals surface area contributed by atoms with Gasteiger partial charge in [0, 0.05) is 13.5 Å². The Morgan fingerprint density at radius 2 is 2.08 bits per heavy atom. The molecule has 1 aromatic rings. The maximum absolute atomic E-state index is 12.3. The molecular formula is C18H27N3O3. The molecule has 1 amide bonds. The third-order valence-corrected chi connectivity index (χ3v) is 5.75. The van der Waals surface area contributed by atoms with Crippen LogP contribution in [0.2, 0.25) is 0 Å². The summed E-state index contributed by atoms with van der Waals surface area (Å²) in [5.74, 6) is 1.39. The molecule has 0 saturated heterocycles. The second-order valence-corrected chi connectivity index (χ2v) is 7.43. The van der Waals surface area contributed by atoms with Crippen LogP contribution in [-0.4, -0.2) is 27.8 Å². The van der Waals surface area contributed by atoms with Gasteiger partial charge in [-0.15, -0.1) is 0 Å². The van der Waals surface area contributed by atoms with Gasteiger partial charge in [-0.05, 0) is 57.8 Å². The van der Waals surface area contributed by atoms with Crippen molar-refractivity contribution in [3.63, 3.8) is 0 Å². The second-order valence-electron chi connectivity index (χ2n) is 7.43. The van der Waals surface area contributed by atoms with Crippen LogP contribution in [0.3, 0.4) is 0 Å². The number of aromatic nitrogens is 2. The predicted molar refractivity (Wildman–Crippen MR) is 90.4 cm³/mol. The maximum atomic E-state index is 12.3. The minimum absolute atomic E-state index is 0.255. The molecule has 6 heteroatoms. The Morgan fingerprint density at radius 1 is 1.33 bits per heavy atom. The molecule has 0 radical (unpaired) electrons. The van der Waals surface area contributed by atoms with E-state index < -0.39 is 6.10 Å². The number of anilines is 1. The van der Waals surface area contributed by atoms with Gasteiger partial charge in [-0.3, -0.25) is 14.3 Å². The molecule has 6 nitrogen and oxygen atoms in total. The number of ether oxygens (including phenoxy) is 1. The van der Waals surface area contributed by atoms with Gasteiger partial charge in [0.05, 0.1) is 17.1 Å². The van der Waals surface area contributed by atoms with Gasteiger partial charge in [0.1, 0.15) is 0 Å². The quantitative estimate of drug-likeness (QED) is 0.841. The van der Waals surface area contributed by atoms with E-state index in [9.17, 15) is 9.59 Å². The molecule has 3 rings (SSSR count). The summed E-state index contributed by atoms with van der Waals surface area (Å²) in [6, 6.07) is 0. The van der Waals surface area contributed by atoms with Crippen molar-refractivity contribution in [1.29, 1.82) is 0 Å². The fourth-order valence-electron chi connectivity index (χ4n) is 4.32. The molecule has 2 aliphatic carbocycles. The zero-order chi connectivity index (χ0) is 17.4. The first kappa shape index (κ1) is 17.0. The number of rotatable bonds is 5. The van der Waals surface area contributed by atoms with E-state index in [2.05, 4.69) is 10.4 Å². The van der Waals surface area contributed by atoms with Gasteiger partial charge >= 0.3 is 5.97 Å². The Balaban J connectivity index is 1.51. The number of nitrogens with zero attached hydrogens (tertiary/aromatic N) is 2. The van der Waals surface area contributed by atoms with Crippen LogP contribution in [0.25, 0.3) is 0 Å². The van der Waals surface area contributed by atoms with Crippen LogP contribution < -0.4 is 5.32 Å². The van der Waals surface area contributed by atoms with E-state index in [4.69, 9.17) is 4.74 Å². The van der Waals surface area contributed by atoms with Gasteiger partial charge in [-0.1, -0.05) is 6.42 Å². The van der Waals surface area contributed by atoms with Crippen LogP contribution in [-0.2, 0) is 21.4 Å². The first-order valence-corrected chi connectivity index (χ1v) is 8.85. The zero-order valence-electron chi connectivity index (χ0n) is 15.0. The van der Waals surface area contributed by atoms with E-state index >= 15 is 0 Å². The fourth-order valence-corrected chi connectivity index (χ4v) is 4.32. The molecule has 0 aromatic carbocycles. The van der Waals surface area contributed by atoms with Gasteiger partial charge in [0.2, 0.25) is 0 Å². The van der Waals surface area contributed by atoms with Crippen LogP contribution >= 0.6 is 0 Å². The molecule has 1 heterocycles. The number of esters is 1. The largest absolute Gasteiger partial charge is 0.453 e. The molecule has 2 aliphatic rings. The van der Waals surface area contributed by atoms with Crippen LogP contribution in [0.1, 0.15) is 50.4 Å². The molecule has 24 heavy (non-hydrogen) atoms. The summed E-state index contributed by atoms with van der Waals surface area (Å²) in [5.41, 5.74) is 2.32. The lowest BCUT2D eigenvalue weighted by atomic mass is 9.86. The molecule has 2 saturated carbocycles. The summed E-state index contributed by atoms with van der Waals surface area (Å²) in [6.45, 7) is 5.35. The van der Waals surface area contributed by atoms with E-state index in [0.29, 0.717) is 23.9 Å². The van der Waals surface area contributed by atoms with Crippen molar-refractivity contribution >= 4 is 17.6 Å². The Morgan fingerprint density at radius 3 is 2.62 bits per heavy atom. The predicted octanol–water partition coefficient (Wildman–Crippen LogP) is 2.73. The van der Waals surface area contributed by atoms with Gasteiger partial charge in [-0.2, -0.15) is 5.10 Å². The van der Waals surface area contributed by atoms with Crippen molar-refractivity contribution in [3.8, 4) is 0 Å². The van der Waals surface area contributed by atoms with Crippen molar-refractivity contribution in [2.75, 3.05) is 5.32 Å². The van der Waals surface area contributed by atoms with Crippen molar-refractivity contribution in [1.82, 2.24) is 9.78 Å². The summed E-state index contributed by atoms with van der Waals surface area (Å²) in [7, 11) is 1.83. The average Bonchev–Trinajstić information content (AvgIpc) is 3.18. The molecule has 4 unspecified atom stereocenters. The molecular weight excluding hydrogens is 306 g/mol. The Labute approximate surface area is 142 Å².